The Labute approximate surface area is 116 Å². The van der Waals surface area contributed by atoms with Gasteiger partial charge in [-0.3, -0.25) is 14.9 Å². The topological polar surface area (TPSA) is 115 Å². The minimum Gasteiger partial charge on any atom is -0.481 e. The Balaban J connectivity index is 3.02. The number of rotatable bonds is 6. The summed E-state index contributed by atoms with van der Waals surface area (Å²) in [6.07, 6.45) is 0. The van der Waals surface area contributed by atoms with E-state index < -0.39 is 38.2 Å². The van der Waals surface area contributed by atoms with Crippen molar-refractivity contribution in [3.63, 3.8) is 0 Å². The Hall–Kier alpha value is -1.96. The number of hydrogen-bond acceptors (Lipinski definition) is 5. The van der Waals surface area contributed by atoms with E-state index in [1.54, 1.807) is 0 Å². The van der Waals surface area contributed by atoms with E-state index in [-0.39, 0.29) is 11.3 Å². The van der Waals surface area contributed by atoms with Gasteiger partial charge in [0.25, 0.3) is 5.69 Å². The van der Waals surface area contributed by atoms with Gasteiger partial charge in [-0.25, -0.2) is 8.42 Å². The van der Waals surface area contributed by atoms with Crippen LogP contribution in [0.3, 0.4) is 0 Å². The Morgan fingerprint density at radius 1 is 1.45 bits per heavy atom. The van der Waals surface area contributed by atoms with Gasteiger partial charge >= 0.3 is 5.97 Å². The zero-order valence-electron chi connectivity index (χ0n) is 11.1. The summed E-state index contributed by atoms with van der Waals surface area (Å²) >= 11 is 0. The van der Waals surface area contributed by atoms with Gasteiger partial charge in [-0.15, -0.1) is 0 Å². The summed E-state index contributed by atoms with van der Waals surface area (Å²) in [5.41, 5.74) is 0.449. The van der Waals surface area contributed by atoms with Crippen LogP contribution < -0.4 is 0 Å². The fourth-order valence-electron chi connectivity index (χ4n) is 1.77. The SMILES string of the molecule is Cc1c(CS(=O)(=O)CC(C)C(=O)O)cccc1[N+](=O)[O-]. The van der Waals surface area contributed by atoms with Gasteiger partial charge in [0.1, 0.15) is 0 Å². The number of carboxylic acids is 1. The van der Waals surface area contributed by atoms with Crippen LogP contribution in [-0.2, 0) is 20.4 Å². The van der Waals surface area contributed by atoms with E-state index in [0.29, 0.717) is 5.56 Å². The summed E-state index contributed by atoms with van der Waals surface area (Å²) in [7, 11) is -3.65. The van der Waals surface area contributed by atoms with Crippen LogP contribution in [0, 0.1) is 23.0 Å². The van der Waals surface area contributed by atoms with Crippen LogP contribution in [-0.4, -0.2) is 30.2 Å². The molecule has 8 heteroatoms. The molecule has 0 saturated heterocycles. The molecule has 0 radical (unpaired) electrons. The van der Waals surface area contributed by atoms with E-state index >= 15 is 0 Å². The van der Waals surface area contributed by atoms with Crippen molar-refractivity contribution in [1.82, 2.24) is 0 Å². The average Bonchev–Trinajstić information content (AvgIpc) is 2.30. The molecule has 0 spiro atoms. The van der Waals surface area contributed by atoms with Gasteiger partial charge < -0.3 is 5.11 Å². The third-order valence-corrected chi connectivity index (χ3v) is 4.67. The maximum Gasteiger partial charge on any atom is 0.307 e. The molecule has 0 aliphatic heterocycles. The van der Waals surface area contributed by atoms with Crippen molar-refractivity contribution in [1.29, 1.82) is 0 Å². The Morgan fingerprint density at radius 3 is 2.55 bits per heavy atom. The lowest BCUT2D eigenvalue weighted by Gasteiger charge is -2.09. The first-order chi connectivity index (χ1) is 9.14. The van der Waals surface area contributed by atoms with Crippen molar-refractivity contribution < 1.29 is 23.2 Å². The van der Waals surface area contributed by atoms with Crippen molar-refractivity contribution in [2.75, 3.05) is 5.75 Å². The lowest BCUT2D eigenvalue weighted by molar-refractivity contribution is -0.385. The first-order valence-corrected chi connectivity index (χ1v) is 7.62. The second kappa shape index (κ2) is 6.00. The number of sulfone groups is 1. The molecule has 0 aliphatic rings. The van der Waals surface area contributed by atoms with Crippen LogP contribution in [0.2, 0.25) is 0 Å². The van der Waals surface area contributed by atoms with Gasteiger partial charge in [-0.1, -0.05) is 19.1 Å². The van der Waals surface area contributed by atoms with Crippen molar-refractivity contribution >= 4 is 21.5 Å². The third-order valence-electron chi connectivity index (χ3n) is 2.92. The van der Waals surface area contributed by atoms with E-state index in [1.807, 2.05) is 0 Å². The molecule has 20 heavy (non-hydrogen) atoms. The summed E-state index contributed by atoms with van der Waals surface area (Å²) in [6.45, 7) is 2.78. The molecule has 1 aromatic carbocycles. The number of nitro groups is 1. The molecule has 0 fully saturated rings. The van der Waals surface area contributed by atoms with Crippen molar-refractivity contribution in [2.45, 2.75) is 19.6 Å². The number of aliphatic carboxylic acids is 1. The highest BCUT2D eigenvalue weighted by Crippen LogP contribution is 2.23. The molecule has 7 nitrogen and oxygen atoms in total. The number of nitro benzene ring substituents is 1. The second-order valence-electron chi connectivity index (χ2n) is 4.61. The molecule has 1 rings (SSSR count). The number of carbonyl (C=O) groups is 1. The van der Waals surface area contributed by atoms with Crippen LogP contribution in [0.25, 0.3) is 0 Å². The van der Waals surface area contributed by atoms with Crippen LogP contribution in [0.5, 0.6) is 0 Å². The predicted molar refractivity (Wildman–Crippen MR) is 72.1 cm³/mol. The lowest BCUT2D eigenvalue weighted by Crippen LogP contribution is -2.22. The maximum absolute atomic E-state index is 11.9. The first kappa shape index (κ1) is 16.1. The molecule has 1 N–H and O–H groups in total. The minimum atomic E-state index is -3.65. The van der Waals surface area contributed by atoms with Crippen LogP contribution in [0.1, 0.15) is 18.1 Å². The monoisotopic (exact) mass is 301 g/mol. The summed E-state index contributed by atoms with van der Waals surface area (Å²) in [4.78, 5) is 20.9. The molecule has 0 bridgehead atoms. The van der Waals surface area contributed by atoms with Gasteiger partial charge in [0.2, 0.25) is 0 Å². The van der Waals surface area contributed by atoms with Crippen LogP contribution in [0.4, 0.5) is 5.69 Å². The van der Waals surface area contributed by atoms with Crippen molar-refractivity contribution in [2.24, 2.45) is 5.92 Å². The Kier molecular flexibility index (Phi) is 4.83. The Bertz CT molecular complexity index is 637. The molecule has 1 aromatic rings. The zero-order chi connectivity index (χ0) is 15.5. The van der Waals surface area contributed by atoms with Crippen molar-refractivity contribution in [3.8, 4) is 0 Å². The fraction of sp³-hybridized carbons (Fsp3) is 0.417. The van der Waals surface area contributed by atoms with Gasteiger partial charge in [0, 0.05) is 11.6 Å². The van der Waals surface area contributed by atoms with E-state index in [1.165, 1.54) is 32.0 Å². The van der Waals surface area contributed by atoms with E-state index in [2.05, 4.69) is 0 Å². The maximum atomic E-state index is 11.9. The standard InChI is InChI=1S/C12H15NO6S/c1-8(12(14)15)6-20(18,19)7-10-4-3-5-11(9(10)2)13(16)17/h3-5,8H,6-7H2,1-2H3,(H,14,15). The van der Waals surface area contributed by atoms with Gasteiger partial charge in [0.05, 0.1) is 22.3 Å². The second-order valence-corrected chi connectivity index (χ2v) is 6.72. The van der Waals surface area contributed by atoms with Crippen LogP contribution >= 0.6 is 0 Å². The first-order valence-electron chi connectivity index (χ1n) is 5.80. The molecule has 0 aliphatic carbocycles. The van der Waals surface area contributed by atoms with Crippen LogP contribution in [0.15, 0.2) is 18.2 Å². The molecule has 0 saturated carbocycles. The smallest absolute Gasteiger partial charge is 0.307 e. The number of benzene rings is 1. The third kappa shape index (κ3) is 4.02. The molecule has 110 valence electrons. The molecule has 0 aromatic heterocycles. The summed E-state index contributed by atoms with van der Waals surface area (Å²) in [6, 6.07) is 4.20. The molecule has 1 atom stereocenters. The normalized spacial score (nSPS) is 12.9. The number of hydrogen-bond donors (Lipinski definition) is 1. The average molecular weight is 301 g/mol. The fourth-order valence-corrected chi connectivity index (χ4v) is 3.58. The summed E-state index contributed by atoms with van der Waals surface area (Å²) < 4.78 is 23.8. The largest absolute Gasteiger partial charge is 0.481 e. The van der Waals surface area contributed by atoms with Crippen molar-refractivity contribution in [3.05, 3.63) is 39.4 Å². The number of carboxylic acid groups (broad SMARTS) is 1. The highest BCUT2D eigenvalue weighted by molar-refractivity contribution is 7.90. The molecule has 0 amide bonds. The van der Waals surface area contributed by atoms with E-state index in [9.17, 15) is 23.3 Å². The molecular formula is C12H15NO6S. The summed E-state index contributed by atoms with van der Waals surface area (Å²) in [5.74, 6) is -3.11. The minimum absolute atomic E-state index is 0.149. The van der Waals surface area contributed by atoms with E-state index in [0.717, 1.165) is 0 Å². The molecule has 1 unspecified atom stereocenters. The highest BCUT2D eigenvalue weighted by atomic mass is 32.2. The molecule has 0 heterocycles. The summed E-state index contributed by atoms with van der Waals surface area (Å²) in [5, 5.41) is 19.5. The predicted octanol–water partition coefficient (Wildman–Crippen LogP) is 1.54. The van der Waals surface area contributed by atoms with Gasteiger partial charge in [-0.05, 0) is 12.5 Å². The number of nitrogens with zero attached hydrogens (tertiary/aromatic N) is 1. The quantitative estimate of drug-likeness (QED) is 0.629. The molecular weight excluding hydrogens is 286 g/mol. The van der Waals surface area contributed by atoms with Gasteiger partial charge in [-0.2, -0.15) is 0 Å². The van der Waals surface area contributed by atoms with Gasteiger partial charge in [0.15, 0.2) is 9.84 Å². The highest BCUT2D eigenvalue weighted by Gasteiger charge is 2.23. The van der Waals surface area contributed by atoms with E-state index in [4.69, 9.17) is 5.11 Å². The zero-order valence-corrected chi connectivity index (χ0v) is 11.9. The Morgan fingerprint density at radius 2 is 2.05 bits per heavy atom. The lowest BCUT2D eigenvalue weighted by atomic mass is 10.1.